The fourth-order valence-corrected chi connectivity index (χ4v) is 1.58. The molecule has 0 saturated heterocycles. The van der Waals surface area contributed by atoms with E-state index in [1.165, 1.54) is 0 Å². The van der Waals surface area contributed by atoms with E-state index >= 15 is 0 Å². The van der Waals surface area contributed by atoms with E-state index in [1.807, 2.05) is 32.4 Å². The molecule has 8 nitrogen and oxygen atoms in total. The molecule has 0 spiro atoms. The van der Waals surface area contributed by atoms with Crippen LogP contribution in [0.15, 0.2) is 0 Å². The van der Waals surface area contributed by atoms with Crippen LogP contribution >= 0.6 is 0 Å². The molecule has 130 valence electrons. The summed E-state index contributed by atoms with van der Waals surface area (Å²) in [5.41, 5.74) is 0. The van der Waals surface area contributed by atoms with Crippen LogP contribution in [0.2, 0.25) is 0 Å². The third kappa shape index (κ3) is 28.6. The van der Waals surface area contributed by atoms with E-state index in [4.69, 9.17) is 18.6 Å². The third-order valence-corrected chi connectivity index (χ3v) is 3.06. The Bertz CT molecular complexity index is 443. The summed E-state index contributed by atoms with van der Waals surface area (Å²) in [7, 11) is -6.90. The second kappa shape index (κ2) is 11.4. The summed E-state index contributed by atoms with van der Waals surface area (Å²) < 4.78 is 59.4. The van der Waals surface area contributed by atoms with Gasteiger partial charge in [0.25, 0.3) is 0 Å². The number of rotatable bonds is 9. The normalized spacial score (nSPS) is 14.7. The molecule has 0 bridgehead atoms. The molecule has 0 aliphatic carbocycles. The lowest BCUT2D eigenvalue weighted by atomic mass is 10.5. The highest BCUT2D eigenvalue weighted by Gasteiger charge is 2.01. The first kappa shape index (κ1) is 23.0. The van der Waals surface area contributed by atoms with E-state index in [1.54, 1.807) is 0 Å². The third-order valence-electron chi connectivity index (χ3n) is 1.69. The molecule has 0 rings (SSSR count). The highest BCUT2D eigenvalue weighted by atomic mass is 32.2. The van der Waals surface area contributed by atoms with Crippen LogP contribution in [-0.4, -0.2) is 65.3 Å². The van der Waals surface area contributed by atoms with Gasteiger partial charge in [-0.15, -0.1) is 0 Å². The van der Waals surface area contributed by atoms with Crippen LogP contribution < -0.4 is 4.72 Å². The van der Waals surface area contributed by atoms with Gasteiger partial charge in [-0.05, 0) is 33.6 Å². The van der Waals surface area contributed by atoms with Gasteiger partial charge in [-0.2, -0.15) is 13.1 Å². The van der Waals surface area contributed by atoms with Gasteiger partial charge in [-0.1, -0.05) is 0 Å². The molecule has 0 fully saturated rings. The van der Waals surface area contributed by atoms with Crippen LogP contribution in [0.1, 0.15) is 27.7 Å². The predicted octanol–water partition coefficient (Wildman–Crippen LogP) is 0.405. The lowest BCUT2D eigenvalue weighted by Gasteiger charge is -2.06. The molecule has 0 heterocycles. The lowest BCUT2D eigenvalue weighted by molar-refractivity contribution is 0.0831. The summed E-state index contributed by atoms with van der Waals surface area (Å²) >= 11 is 0. The van der Waals surface area contributed by atoms with Crippen molar-refractivity contribution < 1.29 is 31.2 Å². The van der Waals surface area contributed by atoms with Gasteiger partial charge in [-0.3, -0.25) is 4.55 Å². The summed E-state index contributed by atoms with van der Waals surface area (Å²) in [6.07, 6.45) is 0.181. The topological polar surface area (TPSA) is 122 Å². The van der Waals surface area contributed by atoms with Crippen LogP contribution in [0.25, 0.3) is 0 Å². The Balaban J connectivity index is 0. The van der Waals surface area contributed by atoms with E-state index < -0.39 is 20.1 Å². The molecule has 3 N–H and O–H groups in total. The Morgan fingerprint density at radius 3 is 1.76 bits per heavy atom. The summed E-state index contributed by atoms with van der Waals surface area (Å²) in [5, 5.41) is 0. The van der Waals surface area contributed by atoms with E-state index in [0.717, 1.165) is 0 Å². The van der Waals surface area contributed by atoms with Gasteiger partial charge in [0, 0.05) is 6.54 Å². The Kier molecular flexibility index (Phi) is 12.5. The Morgan fingerprint density at radius 1 is 1.00 bits per heavy atom. The summed E-state index contributed by atoms with van der Waals surface area (Å²) in [4.78, 5) is 0. The van der Waals surface area contributed by atoms with Crippen molar-refractivity contribution in [3.05, 3.63) is 0 Å². The minimum atomic E-state index is -4.05. The van der Waals surface area contributed by atoms with Crippen LogP contribution in [-0.2, 0) is 29.6 Å². The smallest absolute Gasteiger partial charge is 0.333 e. The summed E-state index contributed by atoms with van der Waals surface area (Å²) in [6.45, 7) is 8.09. The molecule has 1 atom stereocenters. The fourth-order valence-electron chi connectivity index (χ4n) is 0.879. The van der Waals surface area contributed by atoms with E-state index in [9.17, 15) is 12.6 Å². The predicted molar refractivity (Wildman–Crippen MR) is 84.5 cm³/mol. The second-order valence-corrected chi connectivity index (χ2v) is 7.88. The molecular weight excluding hydrogens is 322 g/mol. The molecule has 21 heavy (non-hydrogen) atoms. The minimum Gasteiger partial charge on any atom is -0.378 e. The maximum atomic E-state index is 10.5. The highest BCUT2D eigenvalue weighted by molar-refractivity contribution is 7.95. The van der Waals surface area contributed by atoms with Gasteiger partial charge in [0.2, 0.25) is 0 Å². The molecule has 10 heteroatoms. The molecule has 0 aromatic rings. The molecule has 0 aromatic heterocycles. The first-order valence-corrected chi connectivity index (χ1v) is 9.65. The van der Waals surface area contributed by atoms with Crippen LogP contribution in [0, 0.1) is 0 Å². The summed E-state index contributed by atoms with van der Waals surface area (Å²) in [5.74, 6) is 3.19. The van der Waals surface area contributed by atoms with Crippen molar-refractivity contribution in [2.75, 3.05) is 25.5 Å². The maximum Gasteiger partial charge on any atom is 0.333 e. The number of ether oxygens (including phenoxy) is 2. The zero-order chi connectivity index (χ0) is 17.1. The second-order valence-electron chi connectivity index (χ2n) is 4.69. The van der Waals surface area contributed by atoms with Crippen molar-refractivity contribution in [1.29, 1.82) is 0 Å². The van der Waals surface area contributed by atoms with Gasteiger partial charge in [-0.25, -0.2) is 4.21 Å². The van der Waals surface area contributed by atoms with Crippen molar-refractivity contribution in [2.24, 2.45) is 0 Å². The van der Waals surface area contributed by atoms with Crippen LogP contribution in [0.5, 0.6) is 0 Å². The molecule has 0 aliphatic heterocycles. The Hall–Kier alpha value is -0.230. The summed E-state index contributed by atoms with van der Waals surface area (Å²) in [6, 6.07) is 0. The van der Waals surface area contributed by atoms with E-state index in [2.05, 4.69) is 5.87 Å². The molecule has 1 unspecified atom stereocenters. The average Bonchev–Trinajstić information content (AvgIpc) is 2.21. The van der Waals surface area contributed by atoms with Crippen molar-refractivity contribution >= 4 is 26.0 Å². The number of hydrogen-bond acceptors (Lipinski definition) is 5. The molecule has 0 aromatic carbocycles. The van der Waals surface area contributed by atoms with Gasteiger partial charge >= 0.3 is 10.3 Å². The van der Waals surface area contributed by atoms with Crippen LogP contribution in [0.3, 0.4) is 0 Å². The van der Waals surface area contributed by atoms with E-state index in [-0.39, 0.29) is 31.1 Å². The fraction of sp³-hybridized carbons (Fsp3) is 0.909. The quantitative estimate of drug-likeness (QED) is 0.313. The Morgan fingerprint density at radius 2 is 1.43 bits per heavy atom. The van der Waals surface area contributed by atoms with Crippen molar-refractivity contribution in [1.82, 2.24) is 4.72 Å². The largest absolute Gasteiger partial charge is 0.378 e. The standard InChI is InChI=1S/C6H14O3S.C5H13NO4S/c1-6(2)9-4-5-10(3,7)8;1-5(2)10-4-3-6-11(7,8)9/h6H,3-5H2,1-2H3,(H,7,8);5-6H,3-4H2,1-2H3,(H,7,8,9). The SMILES string of the molecule is C=S(=O)(O)CCOC(C)C.CC(C)OCCNS(=O)(=O)O. The number of hydrogen-bond donors (Lipinski definition) is 3. The zero-order valence-corrected chi connectivity index (χ0v) is 14.6. The van der Waals surface area contributed by atoms with Gasteiger partial charge in [0.05, 0.1) is 41.0 Å². The first-order valence-electron chi connectivity index (χ1n) is 6.36. The minimum absolute atomic E-state index is 0.0678. The lowest BCUT2D eigenvalue weighted by Crippen LogP contribution is -2.27. The highest BCUT2D eigenvalue weighted by Crippen LogP contribution is 1.89. The van der Waals surface area contributed by atoms with Crippen molar-refractivity contribution in [2.45, 2.75) is 39.9 Å². The Labute approximate surface area is 127 Å². The van der Waals surface area contributed by atoms with Gasteiger partial charge < -0.3 is 14.0 Å². The molecule has 0 aliphatic rings. The first-order chi connectivity index (χ1) is 9.33. The molecule has 0 saturated carbocycles. The zero-order valence-electron chi connectivity index (χ0n) is 12.9. The number of nitrogens with one attached hydrogen (secondary N) is 1. The average molecular weight is 349 g/mol. The molecular formula is C11H27NO7S2. The van der Waals surface area contributed by atoms with Crippen LogP contribution in [0.4, 0.5) is 0 Å². The van der Waals surface area contributed by atoms with Crippen molar-refractivity contribution in [3.63, 3.8) is 0 Å². The molecule has 0 radical (unpaired) electrons. The van der Waals surface area contributed by atoms with Gasteiger partial charge in [0.1, 0.15) is 0 Å². The van der Waals surface area contributed by atoms with Crippen molar-refractivity contribution in [3.8, 4) is 0 Å². The monoisotopic (exact) mass is 349 g/mol. The van der Waals surface area contributed by atoms with E-state index in [0.29, 0.717) is 6.61 Å². The molecule has 0 amide bonds. The van der Waals surface area contributed by atoms with Gasteiger partial charge in [0.15, 0.2) is 0 Å². The maximum absolute atomic E-state index is 10.5.